The second-order valence-electron chi connectivity index (χ2n) is 3.65. The topological polar surface area (TPSA) is 140 Å². The number of hydrogen-bond acceptors (Lipinski definition) is 7. The molecule has 0 unspecified atom stereocenters. The molecule has 0 spiro atoms. The third-order valence-electron chi connectivity index (χ3n) is 2.29. The first-order valence-electron chi connectivity index (χ1n) is 5.26. The van der Waals surface area contributed by atoms with E-state index in [2.05, 4.69) is 24.6 Å². The summed E-state index contributed by atoms with van der Waals surface area (Å²) < 4.78 is 31.0. The Balaban J connectivity index is 2.39. The SMILES string of the molecule is COc1n[nH]c(NS(=O)(=O)c2cc([N+](=O)[O-])ccc2Cl)n1. The highest BCUT2D eigenvalue weighted by molar-refractivity contribution is 7.92. The van der Waals surface area contributed by atoms with E-state index in [4.69, 9.17) is 11.6 Å². The highest BCUT2D eigenvalue weighted by Crippen LogP contribution is 2.27. The number of aromatic amines is 1. The number of sulfonamides is 1. The maximum Gasteiger partial charge on any atom is 0.336 e. The lowest BCUT2D eigenvalue weighted by Crippen LogP contribution is -2.14. The molecule has 21 heavy (non-hydrogen) atoms. The van der Waals surface area contributed by atoms with Crippen LogP contribution < -0.4 is 9.46 Å². The summed E-state index contributed by atoms with van der Waals surface area (Å²) in [6, 6.07) is 2.99. The number of nitro groups is 1. The van der Waals surface area contributed by atoms with Crippen molar-refractivity contribution in [1.82, 2.24) is 15.2 Å². The van der Waals surface area contributed by atoms with Crippen molar-refractivity contribution < 1.29 is 18.1 Å². The number of aromatic nitrogens is 3. The normalized spacial score (nSPS) is 11.1. The van der Waals surface area contributed by atoms with Crippen LogP contribution in [0.2, 0.25) is 5.02 Å². The number of anilines is 1. The molecule has 2 aromatic rings. The van der Waals surface area contributed by atoms with Gasteiger partial charge in [-0.25, -0.2) is 18.2 Å². The smallest absolute Gasteiger partial charge is 0.336 e. The molecular formula is C9H8ClN5O5S. The average Bonchev–Trinajstić information content (AvgIpc) is 2.85. The average molecular weight is 334 g/mol. The fourth-order valence-electron chi connectivity index (χ4n) is 1.38. The number of H-pyrrole nitrogens is 1. The number of ether oxygens (including phenoxy) is 1. The first-order chi connectivity index (χ1) is 9.83. The Morgan fingerprint density at radius 3 is 2.76 bits per heavy atom. The molecule has 12 heteroatoms. The van der Waals surface area contributed by atoms with Gasteiger partial charge in [-0.3, -0.25) is 10.1 Å². The summed E-state index contributed by atoms with van der Waals surface area (Å²) in [5.74, 6) is -0.213. The van der Waals surface area contributed by atoms with Crippen molar-refractivity contribution in [1.29, 1.82) is 0 Å². The van der Waals surface area contributed by atoms with Gasteiger partial charge in [0.1, 0.15) is 4.90 Å². The maximum absolute atomic E-state index is 12.1. The van der Waals surface area contributed by atoms with Gasteiger partial charge in [-0.15, -0.1) is 5.10 Å². The van der Waals surface area contributed by atoms with E-state index in [1.165, 1.54) is 7.11 Å². The van der Waals surface area contributed by atoms with Gasteiger partial charge in [0.05, 0.1) is 17.1 Å². The molecule has 0 aliphatic rings. The number of benzene rings is 1. The largest absolute Gasteiger partial charge is 0.466 e. The number of non-ortho nitro benzene ring substituents is 1. The lowest BCUT2D eigenvalue weighted by molar-refractivity contribution is -0.385. The number of halogens is 1. The van der Waals surface area contributed by atoms with E-state index in [0.29, 0.717) is 0 Å². The first kappa shape index (κ1) is 15.0. The minimum Gasteiger partial charge on any atom is -0.466 e. The van der Waals surface area contributed by atoms with E-state index in [9.17, 15) is 18.5 Å². The van der Waals surface area contributed by atoms with Crippen LogP contribution in [0.1, 0.15) is 0 Å². The number of rotatable bonds is 5. The fourth-order valence-corrected chi connectivity index (χ4v) is 2.86. The summed E-state index contributed by atoms with van der Waals surface area (Å²) in [7, 11) is -2.87. The molecule has 112 valence electrons. The Kier molecular flexibility index (Phi) is 3.95. The third-order valence-corrected chi connectivity index (χ3v) is 4.11. The van der Waals surface area contributed by atoms with Crippen LogP contribution in [0.4, 0.5) is 11.6 Å². The molecular weight excluding hydrogens is 326 g/mol. The Morgan fingerprint density at radius 1 is 1.48 bits per heavy atom. The Morgan fingerprint density at radius 2 is 2.19 bits per heavy atom. The van der Waals surface area contributed by atoms with Crippen LogP contribution in [0.3, 0.4) is 0 Å². The van der Waals surface area contributed by atoms with E-state index in [1.807, 2.05) is 0 Å². The Hall–Kier alpha value is -2.40. The molecule has 1 aromatic carbocycles. The molecule has 0 saturated carbocycles. The number of nitrogens with zero attached hydrogens (tertiary/aromatic N) is 3. The van der Waals surface area contributed by atoms with Crippen LogP contribution in [0.5, 0.6) is 6.01 Å². The Labute approximate surface area is 123 Å². The van der Waals surface area contributed by atoms with E-state index >= 15 is 0 Å². The van der Waals surface area contributed by atoms with Gasteiger partial charge in [0.15, 0.2) is 0 Å². The van der Waals surface area contributed by atoms with Crippen LogP contribution in [0, 0.1) is 10.1 Å². The minimum atomic E-state index is -4.17. The summed E-state index contributed by atoms with van der Waals surface area (Å²) in [5, 5.41) is 16.4. The van der Waals surface area contributed by atoms with E-state index in [0.717, 1.165) is 18.2 Å². The van der Waals surface area contributed by atoms with E-state index < -0.39 is 25.5 Å². The molecule has 2 N–H and O–H groups in total. The number of methoxy groups -OCH3 is 1. The van der Waals surface area contributed by atoms with Gasteiger partial charge in [-0.05, 0) is 6.07 Å². The molecule has 10 nitrogen and oxygen atoms in total. The molecule has 2 rings (SSSR count). The zero-order valence-electron chi connectivity index (χ0n) is 10.4. The molecule has 0 aliphatic carbocycles. The predicted octanol–water partition coefficient (Wildman–Crippen LogP) is 1.18. The summed E-state index contributed by atoms with van der Waals surface area (Å²) in [6.45, 7) is 0. The third kappa shape index (κ3) is 3.20. The molecule has 0 atom stereocenters. The van der Waals surface area contributed by atoms with Gasteiger partial charge in [0.25, 0.3) is 15.7 Å². The second-order valence-corrected chi connectivity index (χ2v) is 5.71. The standard InChI is InChI=1S/C9H8ClN5O5S/c1-20-9-11-8(12-13-9)14-21(18,19)7-4-5(15(16)17)2-3-6(7)10/h2-4H,1H3,(H2,11,12,13,14). The molecule has 0 radical (unpaired) electrons. The zero-order chi connectivity index (χ0) is 15.6. The van der Waals surface area contributed by atoms with Crippen LogP contribution in [-0.4, -0.2) is 35.6 Å². The predicted molar refractivity (Wildman–Crippen MR) is 71.8 cm³/mol. The summed E-state index contributed by atoms with van der Waals surface area (Å²) in [6.07, 6.45) is 0. The Bertz CT molecular complexity index is 790. The monoisotopic (exact) mass is 333 g/mol. The molecule has 0 saturated heterocycles. The summed E-state index contributed by atoms with van der Waals surface area (Å²) in [4.78, 5) is 13.2. The van der Waals surface area contributed by atoms with E-state index in [-0.39, 0.29) is 17.0 Å². The quantitative estimate of drug-likeness (QED) is 0.618. The fraction of sp³-hybridized carbons (Fsp3) is 0.111. The number of hydrogen-bond donors (Lipinski definition) is 2. The lowest BCUT2D eigenvalue weighted by atomic mass is 10.3. The molecule has 0 amide bonds. The van der Waals surface area contributed by atoms with Gasteiger partial charge in [0.2, 0.25) is 5.95 Å². The molecule has 0 bridgehead atoms. The van der Waals surface area contributed by atoms with Crippen molar-refractivity contribution in [3.63, 3.8) is 0 Å². The lowest BCUT2D eigenvalue weighted by Gasteiger charge is -2.06. The van der Waals surface area contributed by atoms with Gasteiger partial charge in [-0.1, -0.05) is 11.6 Å². The van der Waals surface area contributed by atoms with Crippen molar-refractivity contribution in [3.8, 4) is 6.01 Å². The van der Waals surface area contributed by atoms with E-state index in [1.54, 1.807) is 0 Å². The summed E-state index contributed by atoms with van der Waals surface area (Å²) in [5.41, 5.74) is -0.407. The van der Waals surface area contributed by atoms with Gasteiger partial charge in [-0.2, -0.15) is 4.98 Å². The first-order valence-corrected chi connectivity index (χ1v) is 7.13. The van der Waals surface area contributed by atoms with Crippen LogP contribution in [0.25, 0.3) is 0 Å². The molecule has 0 aliphatic heterocycles. The highest BCUT2D eigenvalue weighted by atomic mass is 35.5. The van der Waals surface area contributed by atoms with Crippen LogP contribution in [-0.2, 0) is 10.0 Å². The van der Waals surface area contributed by atoms with Crippen molar-refractivity contribution in [2.75, 3.05) is 11.8 Å². The van der Waals surface area contributed by atoms with Gasteiger partial charge >= 0.3 is 6.01 Å². The van der Waals surface area contributed by atoms with Crippen LogP contribution in [0.15, 0.2) is 23.1 Å². The minimum absolute atomic E-state index is 0.0714. The van der Waals surface area contributed by atoms with Crippen LogP contribution >= 0.6 is 11.6 Å². The molecule has 0 fully saturated rings. The van der Waals surface area contributed by atoms with Gasteiger partial charge < -0.3 is 4.74 Å². The van der Waals surface area contributed by atoms with Crippen molar-refractivity contribution in [2.45, 2.75) is 4.90 Å². The van der Waals surface area contributed by atoms with Gasteiger partial charge in [0, 0.05) is 12.1 Å². The maximum atomic E-state index is 12.1. The zero-order valence-corrected chi connectivity index (χ0v) is 12.0. The van der Waals surface area contributed by atoms with Crippen molar-refractivity contribution in [3.05, 3.63) is 33.3 Å². The number of nitrogens with one attached hydrogen (secondary N) is 2. The van der Waals surface area contributed by atoms with Crippen molar-refractivity contribution in [2.24, 2.45) is 0 Å². The molecule has 1 aromatic heterocycles. The second kappa shape index (κ2) is 5.54. The number of nitro benzene ring substituents is 1. The highest BCUT2D eigenvalue weighted by Gasteiger charge is 2.23. The van der Waals surface area contributed by atoms with Crippen molar-refractivity contribution >= 4 is 33.3 Å². The summed E-state index contributed by atoms with van der Waals surface area (Å²) >= 11 is 5.77. The molecule has 1 heterocycles.